The molecule has 0 saturated heterocycles. The van der Waals surface area contributed by atoms with Crippen molar-refractivity contribution < 1.29 is 0 Å². The molecule has 1 rings (SSSR count). The number of allylic oxidation sites excluding steroid dienone is 1. The lowest BCUT2D eigenvalue weighted by Crippen LogP contribution is -1.98. The zero-order valence-corrected chi connectivity index (χ0v) is 8.29. The zero-order chi connectivity index (χ0) is 9.68. The van der Waals surface area contributed by atoms with Crippen LogP contribution in [0.1, 0.15) is 31.2 Å². The standard InChI is InChI=1S/C13H17/c1-4-8-13(11(2)3)12-9-6-5-7-10-12/h5-7,9-10,13H,2-4,8H2,1H3. The van der Waals surface area contributed by atoms with E-state index in [4.69, 9.17) is 0 Å². The molecule has 0 aromatic heterocycles. The van der Waals surface area contributed by atoms with Crippen LogP contribution in [0.5, 0.6) is 0 Å². The third-order valence-electron chi connectivity index (χ3n) is 2.27. The van der Waals surface area contributed by atoms with E-state index in [1.165, 1.54) is 12.0 Å². The van der Waals surface area contributed by atoms with Crippen molar-refractivity contribution >= 4 is 0 Å². The van der Waals surface area contributed by atoms with Crippen molar-refractivity contribution in [3.8, 4) is 0 Å². The van der Waals surface area contributed by atoms with Crippen LogP contribution in [0.3, 0.4) is 0 Å². The van der Waals surface area contributed by atoms with Gasteiger partial charge in [-0.15, -0.1) is 0 Å². The minimum Gasteiger partial charge on any atom is -0.0992 e. The van der Waals surface area contributed by atoms with E-state index in [1.54, 1.807) is 0 Å². The van der Waals surface area contributed by atoms with Crippen molar-refractivity contribution in [1.82, 2.24) is 0 Å². The van der Waals surface area contributed by atoms with E-state index < -0.39 is 0 Å². The molecule has 0 saturated carbocycles. The predicted molar refractivity (Wildman–Crippen MR) is 58.6 cm³/mol. The molecule has 69 valence electrons. The first-order valence-corrected chi connectivity index (χ1v) is 4.81. The van der Waals surface area contributed by atoms with Gasteiger partial charge in [0.05, 0.1) is 0 Å². The van der Waals surface area contributed by atoms with Gasteiger partial charge in [-0.25, -0.2) is 0 Å². The number of benzene rings is 1. The van der Waals surface area contributed by atoms with Gasteiger partial charge >= 0.3 is 0 Å². The largest absolute Gasteiger partial charge is 0.0992 e. The van der Waals surface area contributed by atoms with Crippen LogP contribution in [0.15, 0.2) is 42.5 Å². The second-order valence-electron chi connectivity index (χ2n) is 3.41. The van der Waals surface area contributed by atoms with Crippen molar-refractivity contribution in [2.45, 2.75) is 25.7 Å². The Kier molecular flexibility index (Phi) is 3.75. The van der Waals surface area contributed by atoms with E-state index in [-0.39, 0.29) is 0 Å². The fourth-order valence-electron chi connectivity index (χ4n) is 1.58. The van der Waals surface area contributed by atoms with Gasteiger partial charge in [0.2, 0.25) is 0 Å². The Bertz CT molecular complexity index is 259. The summed E-state index contributed by atoms with van der Waals surface area (Å²) in [5.41, 5.74) is 2.36. The summed E-state index contributed by atoms with van der Waals surface area (Å²) in [5.74, 6) is 0.436. The second-order valence-corrected chi connectivity index (χ2v) is 3.41. The first kappa shape index (κ1) is 10.0. The molecule has 0 spiro atoms. The summed E-state index contributed by atoms with van der Waals surface area (Å²) in [6.45, 7) is 10.1. The number of rotatable bonds is 4. The quantitative estimate of drug-likeness (QED) is 0.646. The van der Waals surface area contributed by atoms with Crippen LogP contribution in [-0.2, 0) is 0 Å². The van der Waals surface area contributed by atoms with Crippen molar-refractivity contribution in [1.29, 1.82) is 0 Å². The van der Waals surface area contributed by atoms with Gasteiger partial charge < -0.3 is 0 Å². The molecule has 0 heterocycles. The highest BCUT2D eigenvalue weighted by molar-refractivity contribution is 5.28. The smallest absolute Gasteiger partial charge is 0.00454 e. The summed E-state index contributed by atoms with van der Waals surface area (Å²) in [6, 6.07) is 10.5. The normalized spacial score (nSPS) is 12.5. The highest BCUT2D eigenvalue weighted by atomic mass is 14.1. The molecule has 0 aliphatic rings. The van der Waals surface area contributed by atoms with E-state index in [1.807, 2.05) is 6.07 Å². The minimum atomic E-state index is 0.436. The molecule has 1 aromatic rings. The van der Waals surface area contributed by atoms with Crippen LogP contribution in [0.2, 0.25) is 0 Å². The second kappa shape index (κ2) is 4.86. The number of hydrogen-bond donors (Lipinski definition) is 0. The molecule has 0 nitrogen and oxygen atoms in total. The molecule has 0 amide bonds. The average molecular weight is 173 g/mol. The van der Waals surface area contributed by atoms with Crippen LogP contribution in [0.25, 0.3) is 0 Å². The molecule has 0 aliphatic heterocycles. The fourth-order valence-corrected chi connectivity index (χ4v) is 1.58. The van der Waals surface area contributed by atoms with Gasteiger partial charge in [-0.2, -0.15) is 0 Å². The Morgan fingerprint density at radius 3 is 2.38 bits per heavy atom. The molecule has 0 aliphatic carbocycles. The van der Waals surface area contributed by atoms with E-state index in [0.717, 1.165) is 12.0 Å². The maximum Gasteiger partial charge on any atom is 0.00454 e. The summed E-state index contributed by atoms with van der Waals surface area (Å²) < 4.78 is 0. The first-order chi connectivity index (χ1) is 6.25. The molecule has 13 heavy (non-hydrogen) atoms. The fraction of sp³-hybridized carbons (Fsp3) is 0.308. The van der Waals surface area contributed by atoms with Gasteiger partial charge in [-0.05, 0) is 18.9 Å². The molecular weight excluding hydrogens is 156 g/mol. The summed E-state index contributed by atoms with van der Waals surface area (Å²) >= 11 is 0. The SMILES string of the molecule is [CH2]C(=C)C(CCC)c1ccccc1. The monoisotopic (exact) mass is 173 g/mol. The Hall–Kier alpha value is -1.04. The highest BCUT2D eigenvalue weighted by Crippen LogP contribution is 2.26. The molecule has 1 radical (unpaired) electrons. The summed E-state index contributed by atoms with van der Waals surface area (Å²) in [4.78, 5) is 0. The molecule has 1 atom stereocenters. The minimum absolute atomic E-state index is 0.436. The van der Waals surface area contributed by atoms with Crippen LogP contribution in [-0.4, -0.2) is 0 Å². The van der Waals surface area contributed by atoms with Gasteiger partial charge in [0.15, 0.2) is 0 Å². The Morgan fingerprint density at radius 1 is 1.31 bits per heavy atom. The van der Waals surface area contributed by atoms with Crippen molar-refractivity contribution in [3.63, 3.8) is 0 Å². The van der Waals surface area contributed by atoms with Gasteiger partial charge in [-0.1, -0.05) is 55.8 Å². The predicted octanol–water partition coefficient (Wildman–Crippen LogP) is 3.96. The van der Waals surface area contributed by atoms with E-state index in [9.17, 15) is 0 Å². The summed E-state index contributed by atoms with van der Waals surface area (Å²) in [5, 5.41) is 0. The lowest BCUT2D eigenvalue weighted by atomic mass is 9.89. The summed E-state index contributed by atoms with van der Waals surface area (Å²) in [6.07, 6.45) is 2.32. The van der Waals surface area contributed by atoms with Gasteiger partial charge in [0, 0.05) is 5.92 Å². The van der Waals surface area contributed by atoms with Crippen LogP contribution in [0, 0.1) is 6.92 Å². The Labute approximate surface area is 81.3 Å². The third-order valence-corrected chi connectivity index (χ3v) is 2.27. The molecule has 0 heteroatoms. The number of hydrogen-bond acceptors (Lipinski definition) is 0. The maximum absolute atomic E-state index is 3.94. The van der Waals surface area contributed by atoms with Crippen LogP contribution < -0.4 is 0 Å². The van der Waals surface area contributed by atoms with Gasteiger partial charge in [0.25, 0.3) is 0 Å². The van der Waals surface area contributed by atoms with Crippen LogP contribution in [0.4, 0.5) is 0 Å². The maximum atomic E-state index is 3.94. The van der Waals surface area contributed by atoms with E-state index >= 15 is 0 Å². The molecule has 1 unspecified atom stereocenters. The molecule has 0 N–H and O–H groups in total. The van der Waals surface area contributed by atoms with Crippen molar-refractivity contribution in [2.24, 2.45) is 0 Å². The lowest BCUT2D eigenvalue weighted by Gasteiger charge is -2.16. The average Bonchev–Trinajstić information content (AvgIpc) is 2.15. The van der Waals surface area contributed by atoms with E-state index in [0.29, 0.717) is 5.92 Å². The molecule has 0 fully saturated rings. The lowest BCUT2D eigenvalue weighted by molar-refractivity contribution is 0.698. The topological polar surface area (TPSA) is 0 Å². The zero-order valence-electron chi connectivity index (χ0n) is 8.29. The molecule has 0 bridgehead atoms. The first-order valence-electron chi connectivity index (χ1n) is 4.81. The highest BCUT2D eigenvalue weighted by Gasteiger charge is 2.09. The summed E-state index contributed by atoms with van der Waals surface area (Å²) in [7, 11) is 0. The van der Waals surface area contributed by atoms with Crippen molar-refractivity contribution in [3.05, 3.63) is 55.0 Å². The molecular formula is C13H17. The molecule has 1 aromatic carbocycles. The Morgan fingerprint density at radius 2 is 1.92 bits per heavy atom. The third kappa shape index (κ3) is 2.73. The Balaban J connectivity index is 2.82. The van der Waals surface area contributed by atoms with Crippen LogP contribution >= 0.6 is 0 Å². The van der Waals surface area contributed by atoms with Gasteiger partial charge in [-0.3, -0.25) is 0 Å². The van der Waals surface area contributed by atoms with E-state index in [2.05, 4.69) is 44.7 Å². The van der Waals surface area contributed by atoms with Gasteiger partial charge in [0.1, 0.15) is 0 Å². The van der Waals surface area contributed by atoms with Crippen molar-refractivity contribution in [2.75, 3.05) is 0 Å².